The normalized spacial score (nSPS) is 17.1. The Labute approximate surface area is 153 Å². The van der Waals surface area contributed by atoms with Gasteiger partial charge in [0.15, 0.2) is 0 Å². The number of pyridine rings is 1. The molecule has 2 amide bonds. The predicted molar refractivity (Wildman–Crippen MR) is 97.7 cm³/mol. The summed E-state index contributed by atoms with van der Waals surface area (Å²) in [4.78, 5) is 30.9. The molecule has 0 spiro atoms. The molecule has 0 aliphatic carbocycles. The van der Waals surface area contributed by atoms with E-state index in [2.05, 4.69) is 10.3 Å². The Hall–Kier alpha value is -2.89. The van der Waals surface area contributed by atoms with Crippen LogP contribution < -0.4 is 10.1 Å². The van der Waals surface area contributed by atoms with Crippen molar-refractivity contribution in [1.29, 1.82) is 0 Å². The average molecular weight is 353 g/mol. The molecular weight excluding hydrogens is 330 g/mol. The van der Waals surface area contributed by atoms with E-state index in [1.54, 1.807) is 35.5 Å². The summed E-state index contributed by atoms with van der Waals surface area (Å²) in [7, 11) is 0. The van der Waals surface area contributed by atoms with Gasteiger partial charge in [0, 0.05) is 36.6 Å². The highest BCUT2D eigenvalue weighted by Gasteiger charge is 2.35. The zero-order valence-electron chi connectivity index (χ0n) is 15.0. The smallest absolute Gasteiger partial charge is 0.254 e. The van der Waals surface area contributed by atoms with E-state index in [4.69, 9.17) is 4.74 Å². The number of carbonyl (C=O) groups excluding carboxylic acids is 2. The summed E-state index contributed by atoms with van der Waals surface area (Å²) in [6, 6.07) is 10.4. The van der Waals surface area contributed by atoms with Crippen LogP contribution in [0.25, 0.3) is 0 Å². The van der Waals surface area contributed by atoms with Crippen molar-refractivity contribution >= 4 is 11.8 Å². The minimum Gasteiger partial charge on any atom is -0.489 e. The molecule has 2 aromatic rings. The van der Waals surface area contributed by atoms with Gasteiger partial charge in [-0.2, -0.15) is 0 Å². The van der Waals surface area contributed by atoms with Crippen molar-refractivity contribution in [1.82, 2.24) is 15.2 Å². The Balaban J connectivity index is 1.74. The van der Waals surface area contributed by atoms with Crippen molar-refractivity contribution in [2.45, 2.75) is 26.5 Å². The zero-order chi connectivity index (χ0) is 18.5. The van der Waals surface area contributed by atoms with E-state index in [0.717, 1.165) is 5.56 Å². The fraction of sp³-hybridized carbons (Fsp3) is 0.350. The van der Waals surface area contributed by atoms with Crippen LogP contribution in [0.15, 0.2) is 48.8 Å². The molecule has 1 N–H and O–H groups in total. The third-order valence-corrected chi connectivity index (χ3v) is 4.36. The van der Waals surface area contributed by atoms with E-state index in [-0.39, 0.29) is 17.7 Å². The van der Waals surface area contributed by atoms with E-state index < -0.39 is 6.04 Å². The maximum Gasteiger partial charge on any atom is 0.254 e. The van der Waals surface area contributed by atoms with Crippen LogP contribution in [0.2, 0.25) is 0 Å². The van der Waals surface area contributed by atoms with Crippen LogP contribution in [-0.2, 0) is 11.4 Å². The first kappa shape index (κ1) is 17.9. The fourth-order valence-electron chi connectivity index (χ4n) is 3.11. The number of piperazine rings is 1. The molecule has 1 aromatic carbocycles. The van der Waals surface area contributed by atoms with Gasteiger partial charge in [-0.15, -0.1) is 0 Å². The monoisotopic (exact) mass is 353 g/mol. The molecule has 2 heterocycles. The Bertz CT molecular complexity index is 777. The van der Waals surface area contributed by atoms with Crippen LogP contribution in [0.3, 0.4) is 0 Å². The van der Waals surface area contributed by atoms with Crippen molar-refractivity contribution in [2.75, 3.05) is 13.1 Å². The molecule has 1 aliphatic heterocycles. The van der Waals surface area contributed by atoms with E-state index >= 15 is 0 Å². The number of hydrogen-bond acceptors (Lipinski definition) is 4. The third kappa shape index (κ3) is 4.02. The molecule has 6 nitrogen and oxygen atoms in total. The third-order valence-electron chi connectivity index (χ3n) is 4.36. The average Bonchev–Trinajstić information content (AvgIpc) is 2.66. The van der Waals surface area contributed by atoms with Crippen LogP contribution in [-0.4, -0.2) is 40.8 Å². The van der Waals surface area contributed by atoms with E-state index in [9.17, 15) is 9.59 Å². The molecule has 136 valence electrons. The molecule has 6 heteroatoms. The standard InChI is InChI=1S/C20H23N3O3/c1-14(2)18-19(24)22-9-10-23(18)20(25)16-6-3-7-17(11-16)26-13-15-5-4-8-21-12-15/h3-8,11-12,14,18H,9-10,13H2,1-2H3,(H,22,24). The van der Waals surface area contributed by atoms with Gasteiger partial charge in [0.2, 0.25) is 5.91 Å². The summed E-state index contributed by atoms with van der Waals surface area (Å²) < 4.78 is 5.78. The van der Waals surface area contributed by atoms with Gasteiger partial charge in [0.1, 0.15) is 18.4 Å². The summed E-state index contributed by atoms with van der Waals surface area (Å²) in [6.07, 6.45) is 3.46. The molecule has 1 aromatic heterocycles. The topological polar surface area (TPSA) is 71.5 Å². The quantitative estimate of drug-likeness (QED) is 0.895. The number of nitrogens with one attached hydrogen (secondary N) is 1. The van der Waals surface area contributed by atoms with Gasteiger partial charge in [-0.05, 0) is 30.2 Å². The SMILES string of the molecule is CC(C)C1C(=O)NCCN1C(=O)c1cccc(OCc2cccnc2)c1. The maximum atomic E-state index is 13.0. The molecule has 3 rings (SSSR count). The van der Waals surface area contributed by atoms with E-state index in [1.165, 1.54) is 0 Å². The Kier molecular flexibility index (Phi) is 5.51. The molecule has 1 aliphatic rings. The molecule has 1 atom stereocenters. The van der Waals surface area contributed by atoms with Crippen molar-refractivity contribution in [3.63, 3.8) is 0 Å². The second-order valence-corrected chi connectivity index (χ2v) is 6.66. The summed E-state index contributed by atoms with van der Waals surface area (Å²) >= 11 is 0. The van der Waals surface area contributed by atoms with Crippen molar-refractivity contribution in [3.8, 4) is 5.75 Å². The van der Waals surface area contributed by atoms with Gasteiger partial charge < -0.3 is 15.0 Å². The van der Waals surface area contributed by atoms with Gasteiger partial charge in [0.05, 0.1) is 0 Å². The summed E-state index contributed by atoms with van der Waals surface area (Å²) in [5.41, 5.74) is 1.48. The number of aromatic nitrogens is 1. The van der Waals surface area contributed by atoms with E-state index in [0.29, 0.717) is 31.0 Å². The molecule has 0 bridgehead atoms. The molecular formula is C20H23N3O3. The number of benzene rings is 1. The molecule has 1 unspecified atom stereocenters. The first-order valence-corrected chi connectivity index (χ1v) is 8.76. The predicted octanol–water partition coefficient (Wildman–Crippen LogP) is 2.26. The van der Waals surface area contributed by atoms with Gasteiger partial charge >= 0.3 is 0 Å². The Morgan fingerprint density at radius 2 is 2.19 bits per heavy atom. The largest absolute Gasteiger partial charge is 0.489 e. The first-order chi connectivity index (χ1) is 12.6. The highest BCUT2D eigenvalue weighted by atomic mass is 16.5. The fourth-order valence-corrected chi connectivity index (χ4v) is 3.11. The lowest BCUT2D eigenvalue weighted by molar-refractivity contribution is -0.129. The Morgan fingerprint density at radius 3 is 2.92 bits per heavy atom. The summed E-state index contributed by atoms with van der Waals surface area (Å²) in [6.45, 7) is 5.26. The second kappa shape index (κ2) is 7.99. The van der Waals surface area contributed by atoms with Crippen molar-refractivity contribution < 1.29 is 14.3 Å². The van der Waals surface area contributed by atoms with Crippen LogP contribution in [0.4, 0.5) is 0 Å². The minimum absolute atomic E-state index is 0.0456. The highest BCUT2D eigenvalue weighted by Crippen LogP contribution is 2.21. The lowest BCUT2D eigenvalue weighted by Crippen LogP contribution is -2.59. The lowest BCUT2D eigenvalue weighted by atomic mass is 9.98. The van der Waals surface area contributed by atoms with E-state index in [1.807, 2.05) is 32.0 Å². The highest BCUT2D eigenvalue weighted by molar-refractivity contribution is 5.98. The first-order valence-electron chi connectivity index (χ1n) is 8.76. The number of carbonyl (C=O) groups is 2. The molecule has 1 saturated heterocycles. The second-order valence-electron chi connectivity index (χ2n) is 6.66. The lowest BCUT2D eigenvalue weighted by Gasteiger charge is -2.37. The number of nitrogens with zero attached hydrogens (tertiary/aromatic N) is 2. The maximum absolute atomic E-state index is 13.0. The molecule has 26 heavy (non-hydrogen) atoms. The van der Waals surface area contributed by atoms with Crippen LogP contribution in [0, 0.1) is 5.92 Å². The summed E-state index contributed by atoms with van der Waals surface area (Å²) in [5.74, 6) is 0.417. The van der Waals surface area contributed by atoms with Gasteiger partial charge in [-0.1, -0.05) is 26.0 Å². The minimum atomic E-state index is -0.448. The van der Waals surface area contributed by atoms with Crippen molar-refractivity contribution in [2.24, 2.45) is 5.92 Å². The molecule has 1 fully saturated rings. The number of hydrogen-bond donors (Lipinski definition) is 1. The van der Waals surface area contributed by atoms with Gasteiger partial charge in [-0.3, -0.25) is 14.6 Å². The van der Waals surface area contributed by atoms with Crippen LogP contribution in [0.1, 0.15) is 29.8 Å². The number of ether oxygens (including phenoxy) is 1. The van der Waals surface area contributed by atoms with Crippen LogP contribution in [0.5, 0.6) is 5.75 Å². The van der Waals surface area contributed by atoms with Crippen LogP contribution >= 0.6 is 0 Å². The van der Waals surface area contributed by atoms with Gasteiger partial charge in [0.25, 0.3) is 5.91 Å². The molecule has 0 saturated carbocycles. The Morgan fingerprint density at radius 1 is 1.35 bits per heavy atom. The number of amides is 2. The van der Waals surface area contributed by atoms with Crippen molar-refractivity contribution in [3.05, 3.63) is 59.9 Å². The zero-order valence-corrected chi connectivity index (χ0v) is 15.0. The molecule has 0 radical (unpaired) electrons. The van der Waals surface area contributed by atoms with Gasteiger partial charge in [-0.25, -0.2) is 0 Å². The summed E-state index contributed by atoms with van der Waals surface area (Å²) in [5, 5.41) is 2.84. The number of rotatable bonds is 5.